The Morgan fingerprint density at radius 2 is 1.40 bits per heavy atom. The first-order chi connectivity index (χ1) is 11.8. The number of phenolic OH excluding ortho intramolecular Hbond substituents is 3. The summed E-state index contributed by atoms with van der Waals surface area (Å²) in [5.41, 5.74) is 1.93. The summed E-state index contributed by atoms with van der Waals surface area (Å²) < 4.78 is 5.01. The Morgan fingerprint density at radius 1 is 0.880 bits per heavy atom. The summed E-state index contributed by atoms with van der Waals surface area (Å²) in [4.78, 5) is 11.1. The molecule has 25 heavy (non-hydrogen) atoms. The summed E-state index contributed by atoms with van der Waals surface area (Å²) >= 11 is 0. The number of hydrogen-bond acceptors (Lipinski definition) is 5. The van der Waals surface area contributed by atoms with Gasteiger partial charge in [-0.05, 0) is 60.1 Å². The van der Waals surface area contributed by atoms with Gasteiger partial charge >= 0.3 is 5.97 Å². The first-order valence-electron chi connectivity index (χ1n) is 8.27. The molecule has 0 amide bonds. The number of phenols is 3. The second-order valence-electron chi connectivity index (χ2n) is 6.58. The van der Waals surface area contributed by atoms with E-state index in [0.29, 0.717) is 11.8 Å². The number of aromatic hydroxyl groups is 3. The SMILES string of the molecule is CC(=O)Oc1cc(C[C@H](C)[C@H](C)Cc2ccc(O)c(O)c2)ccc1O. The van der Waals surface area contributed by atoms with E-state index in [1.807, 2.05) is 6.07 Å². The number of esters is 1. The molecule has 0 saturated carbocycles. The first kappa shape index (κ1) is 18.6. The maximum atomic E-state index is 11.1. The minimum Gasteiger partial charge on any atom is -0.504 e. The van der Waals surface area contributed by atoms with E-state index < -0.39 is 5.97 Å². The molecular formula is C20H24O5. The van der Waals surface area contributed by atoms with Crippen LogP contribution in [0.5, 0.6) is 23.0 Å². The topological polar surface area (TPSA) is 87.0 Å². The second-order valence-corrected chi connectivity index (χ2v) is 6.58. The Bertz CT molecular complexity index is 754. The van der Waals surface area contributed by atoms with Crippen LogP contribution in [0.1, 0.15) is 31.9 Å². The van der Waals surface area contributed by atoms with Gasteiger partial charge in [-0.15, -0.1) is 0 Å². The number of benzene rings is 2. The lowest BCUT2D eigenvalue weighted by molar-refractivity contribution is -0.132. The highest BCUT2D eigenvalue weighted by atomic mass is 16.5. The van der Waals surface area contributed by atoms with Crippen LogP contribution in [0.15, 0.2) is 36.4 Å². The van der Waals surface area contributed by atoms with Gasteiger partial charge in [-0.25, -0.2) is 0 Å². The van der Waals surface area contributed by atoms with E-state index in [-0.39, 0.29) is 23.0 Å². The quantitative estimate of drug-likeness (QED) is 0.422. The van der Waals surface area contributed by atoms with Crippen LogP contribution in [0.25, 0.3) is 0 Å². The lowest BCUT2D eigenvalue weighted by Crippen LogP contribution is -2.14. The highest BCUT2D eigenvalue weighted by molar-refractivity contribution is 5.70. The maximum Gasteiger partial charge on any atom is 0.308 e. The minimum absolute atomic E-state index is 0.0563. The van der Waals surface area contributed by atoms with Crippen LogP contribution in [0.3, 0.4) is 0 Å². The van der Waals surface area contributed by atoms with Gasteiger partial charge in [0.25, 0.3) is 0 Å². The van der Waals surface area contributed by atoms with Crippen molar-refractivity contribution in [3.8, 4) is 23.0 Å². The normalized spacial score (nSPS) is 13.2. The molecule has 0 aliphatic heterocycles. The van der Waals surface area contributed by atoms with Crippen LogP contribution in [0.4, 0.5) is 0 Å². The monoisotopic (exact) mass is 344 g/mol. The van der Waals surface area contributed by atoms with E-state index in [2.05, 4.69) is 13.8 Å². The van der Waals surface area contributed by atoms with Crippen LogP contribution in [-0.2, 0) is 17.6 Å². The van der Waals surface area contributed by atoms with Gasteiger partial charge in [0, 0.05) is 6.92 Å². The first-order valence-corrected chi connectivity index (χ1v) is 8.27. The average molecular weight is 344 g/mol. The highest BCUT2D eigenvalue weighted by Gasteiger charge is 2.16. The molecule has 0 unspecified atom stereocenters. The maximum absolute atomic E-state index is 11.1. The molecule has 0 aliphatic rings. The van der Waals surface area contributed by atoms with Crippen molar-refractivity contribution in [3.05, 3.63) is 47.5 Å². The largest absolute Gasteiger partial charge is 0.504 e. The van der Waals surface area contributed by atoms with Crippen molar-refractivity contribution in [2.45, 2.75) is 33.6 Å². The Kier molecular flexibility index (Phi) is 5.91. The fourth-order valence-electron chi connectivity index (χ4n) is 2.76. The summed E-state index contributed by atoms with van der Waals surface area (Å²) in [6.45, 7) is 5.55. The molecule has 0 fully saturated rings. The van der Waals surface area contributed by atoms with Crippen molar-refractivity contribution >= 4 is 5.97 Å². The molecule has 2 aromatic carbocycles. The third kappa shape index (κ3) is 5.14. The van der Waals surface area contributed by atoms with Gasteiger partial charge in [-0.3, -0.25) is 4.79 Å². The molecule has 0 spiro atoms. The average Bonchev–Trinajstić information content (AvgIpc) is 2.53. The van der Waals surface area contributed by atoms with E-state index in [1.165, 1.54) is 19.1 Å². The van der Waals surface area contributed by atoms with Crippen LogP contribution in [0.2, 0.25) is 0 Å². The fraction of sp³-hybridized carbons (Fsp3) is 0.350. The molecule has 3 N–H and O–H groups in total. The molecule has 2 aromatic rings. The van der Waals surface area contributed by atoms with E-state index in [4.69, 9.17) is 4.74 Å². The van der Waals surface area contributed by atoms with Crippen molar-refractivity contribution < 1.29 is 24.9 Å². The smallest absolute Gasteiger partial charge is 0.308 e. The molecule has 5 nitrogen and oxygen atoms in total. The van der Waals surface area contributed by atoms with Crippen molar-refractivity contribution in [1.82, 2.24) is 0 Å². The third-order valence-electron chi connectivity index (χ3n) is 4.40. The lowest BCUT2D eigenvalue weighted by Gasteiger charge is -2.20. The molecule has 0 heterocycles. The van der Waals surface area contributed by atoms with Gasteiger partial charge in [0.05, 0.1) is 0 Å². The zero-order chi connectivity index (χ0) is 18.6. The number of hydrogen-bond donors (Lipinski definition) is 3. The van der Waals surface area contributed by atoms with Gasteiger partial charge in [0.2, 0.25) is 0 Å². The van der Waals surface area contributed by atoms with Gasteiger partial charge in [0.1, 0.15) is 0 Å². The molecule has 2 atom stereocenters. The number of ether oxygens (including phenoxy) is 1. The predicted molar refractivity (Wildman–Crippen MR) is 94.9 cm³/mol. The van der Waals surface area contributed by atoms with Crippen molar-refractivity contribution in [1.29, 1.82) is 0 Å². The minimum atomic E-state index is -0.471. The molecule has 134 valence electrons. The number of carbonyl (C=O) groups is 1. The molecule has 5 heteroatoms. The zero-order valence-corrected chi connectivity index (χ0v) is 14.7. The molecule has 0 radical (unpaired) electrons. The van der Waals surface area contributed by atoms with Gasteiger partial charge < -0.3 is 20.1 Å². The second kappa shape index (κ2) is 7.92. The van der Waals surface area contributed by atoms with E-state index in [9.17, 15) is 20.1 Å². The third-order valence-corrected chi connectivity index (χ3v) is 4.40. The zero-order valence-electron chi connectivity index (χ0n) is 14.7. The molecule has 0 aliphatic carbocycles. The summed E-state index contributed by atoms with van der Waals surface area (Å²) in [6, 6.07) is 9.91. The number of carbonyl (C=O) groups excluding carboxylic acids is 1. The van der Waals surface area contributed by atoms with E-state index in [0.717, 1.165) is 24.0 Å². The number of rotatable bonds is 6. The van der Waals surface area contributed by atoms with Crippen LogP contribution in [0, 0.1) is 11.8 Å². The Labute approximate surface area is 147 Å². The van der Waals surface area contributed by atoms with Crippen molar-refractivity contribution in [3.63, 3.8) is 0 Å². The van der Waals surface area contributed by atoms with Crippen LogP contribution in [-0.4, -0.2) is 21.3 Å². The summed E-state index contributed by atoms with van der Waals surface area (Å²) in [6.07, 6.45) is 1.53. The van der Waals surface area contributed by atoms with E-state index in [1.54, 1.807) is 18.2 Å². The van der Waals surface area contributed by atoms with Crippen molar-refractivity contribution in [2.24, 2.45) is 11.8 Å². The van der Waals surface area contributed by atoms with Gasteiger partial charge in [-0.2, -0.15) is 0 Å². The lowest BCUT2D eigenvalue weighted by atomic mass is 9.85. The Hall–Kier alpha value is -2.69. The van der Waals surface area contributed by atoms with Gasteiger partial charge in [0.15, 0.2) is 23.0 Å². The van der Waals surface area contributed by atoms with Crippen LogP contribution >= 0.6 is 0 Å². The Morgan fingerprint density at radius 3 is 1.92 bits per heavy atom. The predicted octanol–water partition coefficient (Wildman–Crippen LogP) is 3.79. The molecule has 0 bridgehead atoms. The molecule has 0 saturated heterocycles. The summed E-state index contributed by atoms with van der Waals surface area (Å²) in [7, 11) is 0. The molecule has 0 aromatic heterocycles. The van der Waals surface area contributed by atoms with Crippen molar-refractivity contribution in [2.75, 3.05) is 0 Å². The summed E-state index contributed by atoms with van der Waals surface area (Å²) in [5.74, 6) is 0.0718. The van der Waals surface area contributed by atoms with Gasteiger partial charge in [-0.1, -0.05) is 26.0 Å². The highest BCUT2D eigenvalue weighted by Crippen LogP contribution is 2.31. The van der Waals surface area contributed by atoms with Crippen LogP contribution < -0.4 is 4.74 Å². The molecular weight excluding hydrogens is 320 g/mol. The standard InChI is InChI=1S/C20H24O5/c1-12(8-15-4-6-17(22)19(24)10-15)13(2)9-16-5-7-18(23)20(11-16)25-14(3)21/h4-7,10-13,22-24H,8-9H2,1-3H3/t12-,13+/m1/s1. The fourth-order valence-corrected chi connectivity index (χ4v) is 2.76. The molecule has 2 rings (SSSR count). The summed E-state index contributed by atoms with van der Waals surface area (Å²) in [5, 5.41) is 28.7. The van der Waals surface area contributed by atoms with E-state index >= 15 is 0 Å². The Balaban J connectivity index is 2.04.